The molecule has 0 saturated carbocycles. The van der Waals surface area contributed by atoms with Gasteiger partial charge in [-0.2, -0.15) is 0 Å². The van der Waals surface area contributed by atoms with Crippen LogP contribution in [0, 0.1) is 19.7 Å². The predicted molar refractivity (Wildman–Crippen MR) is 91.6 cm³/mol. The van der Waals surface area contributed by atoms with E-state index < -0.39 is 0 Å². The van der Waals surface area contributed by atoms with E-state index in [0.29, 0.717) is 19.1 Å². The highest BCUT2D eigenvalue weighted by Crippen LogP contribution is 2.20. The molecule has 0 atom stereocenters. The second-order valence-electron chi connectivity index (χ2n) is 6.22. The third kappa shape index (κ3) is 4.29. The number of hydrogen-bond acceptors (Lipinski definition) is 2. The molecule has 23 heavy (non-hydrogen) atoms. The van der Waals surface area contributed by atoms with Crippen LogP contribution in [0.2, 0.25) is 0 Å². The Bertz CT molecular complexity index is 671. The van der Waals surface area contributed by atoms with Crippen LogP contribution in [0.3, 0.4) is 0 Å². The number of ketones is 1. The topological polar surface area (TPSA) is 34.0 Å². The van der Waals surface area contributed by atoms with Crippen LogP contribution in [-0.4, -0.2) is 23.4 Å². The molecule has 0 aliphatic rings. The molecule has 0 bridgehead atoms. The maximum absolute atomic E-state index is 12.8. The summed E-state index contributed by atoms with van der Waals surface area (Å²) in [6.07, 6.45) is 0.776. The quantitative estimate of drug-likeness (QED) is 0.622. The molecule has 4 heteroatoms. The number of aryl methyl sites for hydroxylation is 1. The van der Waals surface area contributed by atoms with Gasteiger partial charge in [-0.15, -0.1) is 0 Å². The monoisotopic (exact) mass is 316 g/mol. The highest BCUT2D eigenvalue weighted by Gasteiger charge is 2.16. The van der Waals surface area contributed by atoms with E-state index in [1.807, 2.05) is 19.9 Å². The van der Waals surface area contributed by atoms with Gasteiger partial charge in [-0.25, -0.2) is 4.39 Å². The zero-order valence-corrected chi connectivity index (χ0v) is 14.3. The van der Waals surface area contributed by atoms with Gasteiger partial charge in [-0.3, -0.25) is 4.79 Å². The van der Waals surface area contributed by atoms with E-state index in [4.69, 9.17) is 0 Å². The highest BCUT2D eigenvalue weighted by molar-refractivity contribution is 5.99. The first-order valence-electron chi connectivity index (χ1n) is 8.07. The molecule has 0 spiro atoms. The largest absolute Gasteiger partial charge is 0.346 e. The Balaban J connectivity index is 1.88. The fourth-order valence-corrected chi connectivity index (χ4v) is 3.03. The molecule has 0 aliphatic heterocycles. The van der Waals surface area contributed by atoms with Gasteiger partial charge in [-0.05, 0) is 64.4 Å². The summed E-state index contributed by atoms with van der Waals surface area (Å²) in [4.78, 5) is 12.4. The van der Waals surface area contributed by atoms with Crippen molar-refractivity contribution in [2.75, 3.05) is 13.1 Å². The van der Waals surface area contributed by atoms with Crippen molar-refractivity contribution in [1.29, 1.82) is 0 Å². The number of rotatable bonds is 7. The minimum absolute atomic E-state index is 0.115. The Kier molecular flexibility index (Phi) is 5.72. The van der Waals surface area contributed by atoms with Gasteiger partial charge in [0, 0.05) is 23.0 Å². The molecule has 0 amide bonds. The molecule has 0 unspecified atom stereocenters. The highest BCUT2D eigenvalue weighted by atomic mass is 19.1. The normalized spacial score (nSPS) is 11.2. The van der Waals surface area contributed by atoms with Crippen LogP contribution in [0.1, 0.15) is 47.2 Å². The van der Waals surface area contributed by atoms with Crippen molar-refractivity contribution < 1.29 is 9.18 Å². The van der Waals surface area contributed by atoms with Gasteiger partial charge in [0.15, 0.2) is 5.78 Å². The Morgan fingerprint density at radius 3 is 2.43 bits per heavy atom. The molecule has 1 heterocycles. The number of aromatic nitrogens is 1. The molecule has 2 aromatic rings. The number of hydrogen-bond donors (Lipinski definition) is 1. The smallest absolute Gasteiger partial charge is 0.178 e. The van der Waals surface area contributed by atoms with Gasteiger partial charge < -0.3 is 9.88 Å². The number of benzene rings is 1. The molecule has 0 aliphatic carbocycles. The predicted octanol–water partition coefficient (Wildman–Crippen LogP) is 3.84. The van der Waals surface area contributed by atoms with Crippen molar-refractivity contribution >= 4 is 5.78 Å². The second-order valence-corrected chi connectivity index (χ2v) is 6.22. The number of carbonyl (C=O) groups is 1. The molecule has 3 nitrogen and oxygen atoms in total. The molecule has 1 aromatic carbocycles. The lowest BCUT2D eigenvalue weighted by molar-refractivity contribution is 0.0990. The lowest BCUT2D eigenvalue weighted by Crippen LogP contribution is -2.25. The summed E-state index contributed by atoms with van der Waals surface area (Å²) >= 11 is 0. The third-order valence-electron chi connectivity index (χ3n) is 4.09. The summed E-state index contributed by atoms with van der Waals surface area (Å²) in [5.74, 6) is -0.110. The van der Waals surface area contributed by atoms with E-state index in [1.165, 1.54) is 12.1 Å². The average molecular weight is 316 g/mol. The summed E-state index contributed by atoms with van der Waals surface area (Å²) in [6, 6.07) is 8.79. The van der Waals surface area contributed by atoms with Crippen molar-refractivity contribution in [2.45, 2.75) is 40.2 Å². The number of halogens is 1. The third-order valence-corrected chi connectivity index (χ3v) is 4.09. The number of carbonyl (C=O) groups excluding carboxylic acids is 1. The van der Waals surface area contributed by atoms with Gasteiger partial charge in [0.1, 0.15) is 5.82 Å². The van der Waals surface area contributed by atoms with E-state index in [0.717, 1.165) is 28.9 Å². The van der Waals surface area contributed by atoms with Crippen LogP contribution >= 0.6 is 0 Å². The van der Waals surface area contributed by atoms with Gasteiger partial charge >= 0.3 is 0 Å². The van der Waals surface area contributed by atoms with Crippen LogP contribution < -0.4 is 5.32 Å². The number of nitrogens with one attached hydrogen (secondary N) is 1. The molecular formula is C19H25FN2O. The van der Waals surface area contributed by atoms with E-state index in [-0.39, 0.29) is 11.6 Å². The van der Waals surface area contributed by atoms with Crippen molar-refractivity contribution in [2.24, 2.45) is 0 Å². The van der Waals surface area contributed by atoms with Crippen LogP contribution in [0.5, 0.6) is 0 Å². The molecule has 124 valence electrons. The van der Waals surface area contributed by atoms with Crippen LogP contribution in [-0.2, 0) is 6.42 Å². The summed E-state index contributed by atoms with van der Waals surface area (Å²) in [7, 11) is 0. The molecule has 0 saturated heterocycles. The Hall–Kier alpha value is -1.94. The first-order chi connectivity index (χ1) is 10.9. The average Bonchev–Trinajstić information content (AvgIpc) is 2.80. The number of Topliss-reactive ketones (excluding diaryl/α,β-unsaturated/α-hetero) is 1. The minimum atomic E-state index is -0.225. The number of nitrogens with zero attached hydrogens (tertiary/aromatic N) is 1. The maximum Gasteiger partial charge on any atom is 0.178 e. The van der Waals surface area contributed by atoms with E-state index in [9.17, 15) is 9.18 Å². The fraction of sp³-hybridized carbons (Fsp3) is 0.421. The zero-order valence-electron chi connectivity index (χ0n) is 14.3. The lowest BCUT2D eigenvalue weighted by Gasteiger charge is -2.13. The van der Waals surface area contributed by atoms with Gasteiger partial charge in [0.05, 0.1) is 6.54 Å². The molecule has 0 fully saturated rings. The molecule has 2 rings (SSSR count). The first-order valence-corrected chi connectivity index (χ1v) is 8.07. The summed E-state index contributed by atoms with van der Waals surface area (Å²) in [5.41, 5.74) is 4.00. The Morgan fingerprint density at radius 1 is 1.22 bits per heavy atom. The van der Waals surface area contributed by atoms with Gasteiger partial charge in [-0.1, -0.05) is 12.1 Å². The lowest BCUT2D eigenvalue weighted by atomic mass is 10.1. The fourth-order valence-electron chi connectivity index (χ4n) is 3.03. The molecule has 0 radical (unpaired) electrons. The summed E-state index contributed by atoms with van der Waals surface area (Å²) in [5, 5.41) is 3.18. The second kappa shape index (κ2) is 7.55. The van der Waals surface area contributed by atoms with Crippen LogP contribution in [0.15, 0.2) is 30.3 Å². The first kappa shape index (κ1) is 17.4. The van der Waals surface area contributed by atoms with Crippen LogP contribution in [0.4, 0.5) is 4.39 Å². The molecule has 1 aromatic heterocycles. The van der Waals surface area contributed by atoms with E-state index >= 15 is 0 Å². The van der Waals surface area contributed by atoms with E-state index in [2.05, 4.69) is 23.7 Å². The van der Waals surface area contributed by atoms with Gasteiger partial charge in [0.2, 0.25) is 0 Å². The molecule has 1 N–H and O–H groups in total. The molecular weight excluding hydrogens is 291 g/mol. The van der Waals surface area contributed by atoms with Crippen molar-refractivity contribution in [3.05, 3.63) is 58.7 Å². The van der Waals surface area contributed by atoms with E-state index in [1.54, 1.807) is 12.1 Å². The van der Waals surface area contributed by atoms with Crippen molar-refractivity contribution in [3.63, 3.8) is 0 Å². The minimum Gasteiger partial charge on any atom is -0.346 e. The maximum atomic E-state index is 12.8. The zero-order chi connectivity index (χ0) is 17.0. The van der Waals surface area contributed by atoms with Gasteiger partial charge in [0.25, 0.3) is 0 Å². The standard InChI is InChI=1S/C19H25FN2O/c1-13(2)22-14(3)11-18(15(22)4)19(23)12-21-10-9-16-5-7-17(20)8-6-16/h5-8,11,13,21H,9-10,12H2,1-4H3. The summed E-state index contributed by atoms with van der Waals surface area (Å²) < 4.78 is 15.0. The summed E-state index contributed by atoms with van der Waals surface area (Å²) in [6.45, 7) is 9.29. The van der Waals surface area contributed by atoms with Crippen molar-refractivity contribution in [1.82, 2.24) is 9.88 Å². The Labute approximate surface area is 137 Å². The van der Waals surface area contributed by atoms with Crippen LogP contribution in [0.25, 0.3) is 0 Å². The SMILES string of the molecule is Cc1cc(C(=O)CNCCc2ccc(F)cc2)c(C)n1C(C)C. The van der Waals surface area contributed by atoms with Crippen molar-refractivity contribution in [3.8, 4) is 0 Å². The Morgan fingerprint density at radius 2 is 1.87 bits per heavy atom.